The van der Waals surface area contributed by atoms with Crippen LogP contribution in [0.3, 0.4) is 0 Å². The van der Waals surface area contributed by atoms with Gasteiger partial charge in [-0.3, -0.25) is 9.59 Å². The second-order valence-corrected chi connectivity index (χ2v) is 2.72. The second kappa shape index (κ2) is 8.50. The lowest BCUT2D eigenvalue weighted by Gasteiger charge is -2.04. The van der Waals surface area contributed by atoms with Gasteiger partial charge in [-0.05, 0) is 6.92 Å². The minimum Gasteiger partial charge on any atom is -0.381 e. The van der Waals surface area contributed by atoms with Crippen LogP contribution < -0.4 is 10.6 Å². The highest BCUT2D eigenvalue weighted by Gasteiger charge is 2.01. The van der Waals surface area contributed by atoms with Gasteiger partial charge in [0.05, 0.1) is 6.61 Å². The monoisotopic (exact) mass is 202 g/mol. The summed E-state index contributed by atoms with van der Waals surface area (Å²) < 4.78 is 5.01. The van der Waals surface area contributed by atoms with Crippen LogP contribution in [-0.2, 0) is 14.3 Å². The Morgan fingerprint density at radius 2 is 1.93 bits per heavy atom. The van der Waals surface area contributed by atoms with Gasteiger partial charge >= 0.3 is 0 Å². The molecular weight excluding hydrogens is 184 g/mol. The van der Waals surface area contributed by atoms with Crippen molar-refractivity contribution in [2.75, 3.05) is 26.8 Å². The molecule has 0 heterocycles. The SMILES string of the molecule is CCOCCC(=O)NCCC(=O)NC. The topological polar surface area (TPSA) is 67.4 Å². The number of amides is 2. The van der Waals surface area contributed by atoms with E-state index in [0.29, 0.717) is 32.6 Å². The molecule has 0 bridgehead atoms. The zero-order valence-corrected chi connectivity index (χ0v) is 8.76. The van der Waals surface area contributed by atoms with Crippen LogP contribution in [-0.4, -0.2) is 38.6 Å². The lowest BCUT2D eigenvalue weighted by atomic mass is 10.3. The van der Waals surface area contributed by atoms with Gasteiger partial charge in [0.1, 0.15) is 0 Å². The quantitative estimate of drug-likeness (QED) is 0.555. The first-order valence-electron chi connectivity index (χ1n) is 4.75. The van der Waals surface area contributed by atoms with E-state index < -0.39 is 0 Å². The van der Waals surface area contributed by atoms with E-state index >= 15 is 0 Å². The normalized spacial score (nSPS) is 9.57. The Balaban J connectivity index is 3.31. The lowest BCUT2D eigenvalue weighted by Crippen LogP contribution is -2.29. The third-order valence-corrected chi connectivity index (χ3v) is 1.63. The molecule has 0 radical (unpaired) electrons. The molecule has 0 rings (SSSR count). The number of hydrogen-bond acceptors (Lipinski definition) is 3. The first-order chi connectivity index (χ1) is 6.70. The van der Waals surface area contributed by atoms with Crippen molar-refractivity contribution in [3.8, 4) is 0 Å². The molecule has 0 fully saturated rings. The molecule has 0 spiro atoms. The number of ether oxygens (including phenoxy) is 1. The van der Waals surface area contributed by atoms with E-state index in [1.807, 2.05) is 6.92 Å². The Kier molecular flexibility index (Phi) is 7.83. The van der Waals surface area contributed by atoms with Gasteiger partial charge in [0.25, 0.3) is 0 Å². The Hall–Kier alpha value is -1.10. The molecule has 5 nitrogen and oxygen atoms in total. The van der Waals surface area contributed by atoms with Crippen LogP contribution in [0.25, 0.3) is 0 Å². The molecule has 0 aromatic rings. The van der Waals surface area contributed by atoms with Crippen LogP contribution >= 0.6 is 0 Å². The number of hydrogen-bond donors (Lipinski definition) is 2. The largest absolute Gasteiger partial charge is 0.381 e. The average Bonchev–Trinajstić information content (AvgIpc) is 2.18. The highest BCUT2D eigenvalue weighted by Crippen LogP contribution is 1.83. The standard InChI is InChI=1S/C9H18N2O3/c1-3-14-7-5-9(13)11-6-4-8(12)10-2/h3-7H2,1-2H3,(H,10,12)(H,11,13). The van der Waals surface area contributed by atoms with E-state index in [-0.39, 0.29) is 11.8 Å². The zero-order valence-electron chi connectivity index (χ0n) is 8.76. The summed E-state index contributed by atoms with van der Waals surface area (Å²) in [6.07, 6.45) is 0.665. The van der Waals surface area contributed by atoms with Gasteiger partial charge in [0.15, 0.2) is 0 Å². The minimum absolute atomic E-state index is 0.0740. The van der Waals surface area contributed by atoms with Crippen LogP contribution in [0.5, 0.6) is 0 Å². The lowest BCUT2D eigenvalue weighted by molar-refractivity contribution is -0.122. The summed E-state index contributed by atoms with van der Waals surface area (Å²) >= 11 is 0. The third kappa shape index (κ3) is 7.54. The van der Waals surface area contributed by atoms with E-state index in [9.17, 15) is 9.59 Å². The summed E-state index contributed by atoms with van der Waals surface area (Å²) in [6, 6.07) is 0. The molecular formula is C9H18N2O3. The Morgan fingerprint density at radius 3 is 2.50 bits per heavy atom. The van der Waals surface area contributed by atoms with Crippen molar-refractivity contribution >= 4 is 11.8 Å². The van der Waals surface area contributed by atoms with Crippen molar-refractivity contribution in [3.05, 3.63) is 0 Å². The summed E-state index contributed by atoms with van der Waals surface area (Å²) in [5.74, 6) is -0.155. The predicted octanol–water partition coefficient (Wildman–Crippen LogP) is -0.335. The fourth-order valence-corrected chi connectivity index (χ4v) is 0.838. The van der Waals surface area contributed by atoms with E-state index in [1.54, 1.807) is 7.05 Å². The molecule has 82 valence electrons. The second-order valence-electron chi connectivity index (χ2n) is 2.72. The van der Waals surface area contributed by atoms with Crippen LogP contribution in [0.4, 0.5) is 0 Å². The van der Waals surface area contributed by atoms with Gasteiger partial charge < -0.3 is 15.4 Å². The van der Waals surface area contributed by atoms with Crippen molar-refractivity contribution in [2.24, 2.45) is 0 Å². The van der Waals surface area contributed by atoms with E-state index in [2.05, 4.69) is 10.6 Å². The number of rotatable bonds is 7. The van der Waals surface area contributed by atoms with E-state index in [1.165, 1.54) is 0 Å². The predicted molar refractivity (Wildman–Crippen MR) is 52.8 cm³/mol. The molecule has 14 heavy (non-hydrogen) atoms. The Morgan fingerprint density at radius 1 is 1.21 bits per heavy atom. The van der Waals surface area contributed by atoms with Crippen molar-refractivity contribution in [3.63, 3.8) is 0 Å². The first-order valence-corrected chi connectivity index (χ1v) is 4.75. The summed E-state index contributed by atoms with van der Waals surface area (Å²) in [7, 11) is 1.57. The Labute approximate surface area is 84.2 Å². The molecule has 0 aromatic heterocycles. The minimum atomic E-state index is -0.0812. The van der Waals surface area contributed by atoms with Crippen LogP contribution in [0.2, 0.25) is 0 Å². The van der Waals surface area contributed by atoms with Gasteiger partial charge in [0, 0.05) is 33.0 Å². The van der Waals surface area contributed by atoms with Crippen molar-refractivity contribution in [1.29, 1.82) is 0 Å². The maximum absolute atomic E-state index is 11.1. The average molecular weight is 202 g/mol. The van der Waals surface area contributed by atoms with Crippen LogP contribution in [0.15, 0.2) is 0 Å². The number of nitrogens with one attached hydrogen (secondary N) is 2. The number of carbonyl (C=O) groups is 2. The zero-order chi connectivity index (χ0) is 10.8. The van der Waals surface area contributed by atoms with Gasteiger partial charge in [0.2, 0.25) is 11.8 Å². The molecule has 2 amide bonds. The molecule has 0 aliphatic rings. The fraction of sp³-hybridized carbons (Fsp3) is 0.778. The summed E-state index contributed by atoms with van der Waals surface area (Å²) in [5.41, 5.74) is 0. The van der Waals surface area contributed by atoms with Gasteiger partial charge in [-0.15, -0.1) is 0 Å². The van der Waals surface area contributed by atoms with E-state index in [0.717, 1.165) is 0 Å². The van der Waals surface area contributed by atoms with Crippen molar-refractivity contribution in [1.82, 2.24) is 10.6 Å². The van der Waals surface area contributed by atoms with Gasteiger partial charge in [-0.2, -0.15) is 0 Å². The van der Waals surface area contributed by atoms with Crippen molar-refractivity contribution in [2.45, 2.75) is 19.8 Å². The molecule has 0 aromatic carbocycles. The highest BCUT2D eigenvalue weighted by molar-refractivity contribution is 5.78. The molecule has 0 aliphatic carbocycles. The Bertz CT molecular complexity index is 183. The smallest absolute Gasteiger partial charge is 0.222 e. The maximum Gasteiger partial charge on any atom is 0.222 e. The van der Waals surface area contributed by atoms with Crippen LogP contribution in [0.1, 0.15) is 19.8 Å². The molecule has 5 heteroatoms. The number of carbonyl (C=O) groups excluding carboxylic acids is 2. The van der Waals surface area contributed by atoms with Crippen molar-refractivity contribution < 1.29 is 14.3 Å². The maximum atomic E-state index is 11.1. The first kappa shape index (κ1) is 12.9. The molecule has 0 atom stereocenters. The van der Waals surface area contributed by atoms with Gasteiger partial charge in [-0.1, -0.05) is 0 Å². The van der Waals surface area contributed by atoms with Gasteiger partial charge in [-0.25, -0.2) is 0 Å². The summed E-state index contributed by atoms with van der Waals surface area (Å²) in [6.45, 7) is 3.31. The molecule has 0 saturated carbocycles. The molecule has 0 unspecified atom stereocenters. The highest BCUT2D eigenvalue weighted by atomic mass is 16.5. The third-order valence-electron chi connectivity index (χ3n) is 1.63. The fourth-order valence-electron chi connectivity index (χ4n) is 0.838. The molecule has 2 N–H and O–H groups in total. The molecule has 0 saturated heterocycles. The van der Waals surface area contributed by atoms with Crippen LogP contribution in [0, 0.1) is 0 Å². The summed E-state index contributed by atoms with van der Waals surface area (Å²) in [4.78, 5) is 21.8. The molecule has 0 aliphatic heterocycles. The summed E-state index contributed by atoms with van der Waals surface area (Å²) in [5, 5.41) is 5.10. The van der Waals surface area contributed by atoms with E-state index in [4.69, 9.17) is 4.74 Å².